The van der Waals surface area contributed by atoms with E-state index < -0.39 is 11.6 Å². The van der Waals surface area contributed by atoms with Crippen molar-refractivity contribution >= 4 is 0 Å². The minimum absolute atomic E-state index is 0.0720. The van der Waals surface area contributed by atoms with E-state index >= 15 is 0 Å². The van der Waals surface area contributed by atoms with Crippen LogP contribution in [0.25, 0.3) is 0 Å². The number of benzene rings is 1. The lowest BCUT2D eigenvalue weighted by atomic mass is 10.0. The zero-order valence-corrected chi connectivity index (χ0v) is 11.7. The van der Waals surface area contributed by atoms with E-state index in [1.807, 2.05) is 13.8 Å². The quantitative estimate of drug-likeness (QED) is 0.817. The number of aliphatic hydroxyl groups is 1. The first-order valence-electron chi connectivity index (χ1n) is 5.97. The van der Waals surface area contributed by atoms with Gasteiger partial charge in [0, 0.05) is 11.1 Å². The second kappa shape index (κ2) is 6.41. The van der Waals surface area contributed by atoms with Crippen molar-refractivity contribution < 1.29 is 14.6 Å². The Morgan fingerprint density at radius 1 is 1.37 bits per heavy atom. The summed E-state index contributed by atoms with van der Waals surface area (Å²) in [5.41, 5.74) is 0.125. The van der Waals surface area contributed by atoms with Crippen LogP contribution in [-0.2, 0) is 0 Å². The maximum Gasteiger partial charge on any atom is 0.125 e. The number of methoxy groups -OCH3 is 2. The fourth-order valence-corrected chi connectivity index (χ4v) is 1.68. The number of nitriles is 1. The van der Waals surface area contributed by atoms with Crippen LogP contribution in [0.2, 0.25) is 0 Å². The molecule has 1 unspecified atom stereocenters. The van der Waals surface area contributed by atoms with Crippen molar-refractivity contribution in [3.05, 3.63) is 23.8 Å². The van der Waals surface area contributed by atoms with Crippen LogP contribution in [0.15, 0.2) is 18.2 Å². The van der Waals surface area contributed by atoms with E-state index in [0.29, 0.717) is 17.1 Å². The third-order valence-electron chi connectivity index (χ3n) is 2.81. The molecule has 0 heterocycles. The van der Waals surface area contributed by atoms with Gasteiger partial charge in [-0.3, -0.25) is 5.32 Å². The number of hydrogen-bond donors (Lipinski definition) is 2. The van der Waals surface area contributed by atoms with Gasteiger partial charge in [0.2, 0.25) is 0 Å². The molecule has 0 spiro atoms. The molecule has 0 saturated carbocycles. The van der Waals surface area contributed by atoms with Gasteiger partial charge in [0.05, 0.1) is 26.9 Å². The Labute approximate surface area is 113 Å². The normalized spacial score (nSPS) is 12.6. The summed E-state index contributed by atoms with van der Waals surface area (Å²) in [5.74, 6) is 1.26. The second-order valence-electron chi connectivity index (χ2n) is 4.86. The van der Waals surface area contributed by atoms with E-state index in [1.165, 1.54) is 0 Å². The molecule has 0 aliphatic carbocycles. The molecule has 0 fully saturated rings. The molecule has 5 heteroatoms. The number of aliphatic hydroxyl groups excluding tert-OH is 1. The highest BCUT2D eigenvalue weighted by Crippen LogP contribution is 2.30. The number of rotatable bonds is 6. The molecule has 0 aliphatic rings. The highest BCUT2D eigenvalue weighted by molar-refractivity contribution is 5.44. The van der Waals surface area contributed by atoms with Crippen molar-refractivity contribution in [3.63, 3.8) is 0 Å². The first kappa shape index (κ1) is 15.3. The van der Waals surface area contributed by atoms with Gasteiger partial charge >= 0.3 is 0 Å². The van der Waals surface area contributed by atoms with Crippen LogP contribution in [0, 0.1) is 11.3 Å². The maximum atomic E-state index is 9.33. The van der Waals surface area contributed by atoms with Crippen LogP contribution >= 0.6 is 0 Å². The van der Waals surface area contributed by atoms with Crippen molar-refractivity contribution in [2.24, 2.45) is 0 Å². The Morgan fingerprint density at radius 3 is 2.53 bits per heavy atom. The van der Waals surface area contributed by atoms with E-state index in [-0.39, 0.29) is 6.61 Å². The Bertz CT molecular complexity index is 466. The lowest BCUT2D eigenvalue weighted by molar-refractivity contribution is 0.182. The Balaban J connectivity index is 3.13. The molecule has 0 radical (unpaired) electrons. The van der Waals surface area contributed by atoms with Crippen molar-refractivity contribution in [1.82, 2.24) is 5.32 Å². The zero-order valence-electron chi connectivity index (χ0n) is 11.7. The molecule has 19 heavy (non-hydrogen) atoms. The minimum Gasteiger partial charge on any atom is -0.497 e. The SMILES string of the molecule is COc1ccc(OC)c(C(C#N)NC(C)(C)CO)c1. The second-order valence-corrected chi connectivity index (χ2v) is 4.86. The third-order valence-corrected chi connectivity index (χ3v) is 2.81. The van der Waals surface area contributed by atoms with Crippen molar-refractivity contribution in [2.75, 3.05) is 20.8 Å². The van der Waals surface area contributed by atoms with Gasteiger partial charge in [0.25, 0.3) is 0 Å². The number of hydrogen-bond acceptors (Lipinski definition) is 5. The predicted octanol–water partition coefficient (Wildman–Crippen LogP) is 1.63. The molecular weight excluding hydrogens is 244 g/mol. The molecule has 1 aromatic rings. The monoisotopic (exact) mass is 264 g/mol. The predicted molar refractivity (Wildman–Crippen MR) is 72.2 cm³/mol. The Hall–Kier alpha value is -1.77. The number of ether oxygens (including phenoxy) is 2. The van der Waals surface area contributed by atoms with Gasteiger partial charge in [-0.2, -0.15) is 5.26 Å². The summed E-state index contributed by atoms with van der Waals surface area (Å²) in [6.07, 6.45) is 0. The third kappa shape index (κ3) is 3.85. The highest BCUT2D eigenvalue weighted by Gasteiger charge is 2.24. The standard InChI is InChI=1S/C14H20N2O3/c1-14(2,9-17)16-12(8-15)11-7-10(18-3)5-6-13(11)19-4/h5-7,12,16-17H,9H2,1-4H3. The molecule has 104 valence electrons. The summed E-state index contributed by atoms with van der Waals surface area (Å²) in [7, 11) is 3.12. The Kier molecular flexibility index (Phi) is 5.16. The van der Waals surface area contributed by atoms with Crippen LogP contribution < -0.4 is 14.8 Å². The van der Waals surface area contributed by atoms with Crippen molar-refractivity contribution in [3.8, 4) is 17.6 Å². The fraction of sp³-hybridized carbons (Fsp3) is 0.500. The molecule has 0 bridgehead atoms. The summed E-state index contributed by atoms with van der Waals surface area (Å²) in [4.78, 5) is 0. The fourth-order valence-electron chi connectivity index (χ4n) is 1.68. The van der Waals surface area contributed by atoms with Gasteiger partial charge in [-0.1, -0.05) is 0 Å². The van der Waals surface area contributed by atoms with Crippen LogP contribution in [-0.4, -0.2) is 31.5 Å². The molecular formula is C14H20N2O3. The maximum absolute atomic E-state index is 9.33. The highest BCUT2D eigenvalue weighted by atomic mass is 16.5. The molecule has 0 aliphatic heterocycles. The van der Waals surface area contributed by atoms with Crippen molar-refractivity contribution in [1.29, 1.82) is 5.26 Å². The van der Waals surface area contributed by atoms with Gasteiger partial charge < -0.3 is 14.6 Å². The average Bonchev–Trinajstić information content (AvgIpc) is 2.44. The van der Waals surface area contributed by atoms with Crippen LogP contribution in [0.1, 0.15) is 25.5 Å². The molecule has 0 saturated heterocycles. The summed E-state index contributed by atoms with van der Waals surface area (Å²) in [5, 5.41) is 21.7. The van der Waals surface area contributed by atoms with E-state index in [4.69, 9.17) is 9.47 Å². The molecule has 1 rings (SSSR count). The molecule has 1 atom stereocenters. The first-order valence-corrected chi connectivity index (χ1v) is 5.97. The lowest BCUT2D eigenvalue weighted by Gasteiger charge is -2.27. The zero-order chi connectivity index (χ0) is 14.5. The summed E-state index contributed by atoms with van der Waals surface area (Å²) < 4.78 is 10.4. The van der Waals surface area contributed by atoms with Gasteiger partial charge in [0.1, 0.15) is 17.5 Å². The molecule has 0 amide bonds. The van der Waals surface area contributed by atoms with Gasteiger partial charge in [0.15, 0.2) is 0 Å². The topological polar surface area (TPSA) is 74.5 Å². The summed E-state index contributed by atoms with van der Waals surface area (Å²) in [6, 6.07) is 6.87. The van der Waals surface area contributed by atoms with E-state index in [1.54, 1.807) is 32.4 Å². The number of nitrogens with one attached hydrogen (secondary N) is 1. The average molecular weight is 264 g/mol. The summed E-state index contributed by atoms with van der Waals surface area (Å²) in [6.45, 7) is 3.57. The Morgan fingerprint density at radius 2 is 2.05 bits per heavy atom. The molecule has 5 nitrogen and oxygen atoms in total. The first-order chi connectivity index (χ1) is 8.97. The minimum atomic E-state index is -0.591. The largest absolute Gasteiger partial charge is 0.497 e. The molecule has 1 aromatic carbocycles. The van der Waals surface area contributed by atoms with Gasteiger partial charge in [-0.15, -0.1) is 0 Å². The van der Waals surface area contributed by atoms with Crippen LogP contribution in [0.5, 0.6) is 11.5 Å². The van der Waals surface area contributed by atoms with Crippen molar-refractivity contribution in [2.45, 2.75) is 25.4 Å². The van der Waals surface area contributed by atoms with Gasteiger partial charge in [-0.05, 0) is 32.0 Å². The van der Waals surface area contributed by atoms with Crippen LogP contribution in [0.3, 0.4) is 0 Å². The molecule has 2 N–H and O–H groups in total. The molecule has 0 aromatic heterocycles. The lowest BCUT2D eigenvalue weighted by Crippen LogP contribution is -2.44. The van der Waals surface area contributed by atoms with Gasteiger partial charge in [-0.25, -0.2) is 0 Å². The van der Waals surface area contributed by atoms with Crippen LogP contribution in [0.4, 0.5) is 0 Å². The number of nitrogens with zero attached hydrogens (tertiary/aromatic N) is 1. The van der Waals surface area contributed by atoms with E-state index in [9.17, 15) is 10.4 Å². The smallest absolute Gasteiger partial charge is 0.125 e. The van der Waals surface area contributed by atoms with E-state index in [2.05, 4.69) is 11.4 Å². The summed E-state index contributed by atoms with van der Waals surface area (Å²) >= 11 is 0. The van der Waals surface area contributed by atoms with E-state index in [0.717, 1.165) is 0 Å².